The Balaban J connectivity index is 1.92. The highest BCUT2D eigenvalue weighted by Crippen LogP contribution is 2.32. The normalized spacial score (nSPS) is 27.8. The molecule has 1 fully saturated rings. The summed E-state index contributed by atoms with van der Waals surface area (Å²) in [6.07, 6.45) is 2.83. The number of benzene rings is 1. The van der Waals surface area contributed by atoms with E-state index in [9.17, 15) is 0 Å². The van der Waals surface area contributed by atoms with E-state index in [1.807, 2.05) is 17.8 Å². The monoisotopic (exact) mass is 194 g/mol. The molecule has 1 aromatic carbocycles. The number of thioether (sulfide) groups is 1. The van der Waals surface area contributed by atoms with E-state index in [0.717, 1.165) is 0 Å². The first-order chi connectivity index (χ1) is 6.34. The van der Waals surface area contributed by atoms with Crippen LogP contribution in [0.25, 0.3) is 0 Å². The maximum absolute atomic E-state index is 5.73. The van der Waals surface area contributed by atoms with Crippen LogP contribution in [0.3, 0.4) is 0 Å². The van der Waals surface area contributed by atoms with Crippen molar-refractivity contribution in [2.75, 3.05) is 0 Å². The van der Waals surface area contributed by atoms with Gasteiger partial charge in [-0.15, -0.1) is 0 Å². The zero-order valence-corrected chi connectivity index (χ0v) is 8.59. The fourth-order valence-electron chi connectivity index (χ4n) is 1.50. The van der Waals surface area contributed by atoms with Crippen molar-refractivity contribution in [1.29, 1.82) is 0 Å². The van der Waals surface area contributed by atoms with E-state index < -0.39 is 0 Å². The molecule has 13 heavy (non-hydrogen) atoms. The molecule has 1 nitrogen and oxygen atoms in total. The van der Waals surface area contributed by atoms with Gasteiger partial charge in [0, 0.05) is 4.90 Å². The van der Waals surface area contributed by atoms with Crippen molar-refractivity contribution in [3.8, 4) is 0 Å². The van der Waals surface area contributed by atoms with E-state index in [1.54, 1.807) is 0 Å². The summed E-state index contributed by atoms with van der Waals surface area (Å²) in [5.74, 6) is 0. The first kappa shape index (κ1) is 9.10. The van der Waals surface area contributed by atoms with E-state index in [0.29, 0.717) is 11.5 Å². The van der Waals surface area contributed by atoms with Crippen molar-refractivity contribution in [3.05, 3.63) is 30.3 Å². The molecule has 0 amide bonds. The third-order valence-electron chi connectivity index (χ3n) is 2.20. The highest BCUT2D eigenvalue weighted by Gasteiger charge is 2.22. The quantitative estimate of drug-likeness (QED) is 0.714. The van der Waals surface area contributed by atoms with Gasteiger partial charge in [-0.1, -0.05) is 30.0 Å². The molecule has 1 aliphatic rings. The van der Waals surface area contributed by atoms with Crippen LogP contribution < -0.4 is 0 Å². The molecule has 0 radical (unpaired) electrons. The van der Waals surface area contributed by atoms with Gasteiger partial charge in [0.1, 0.15) is 5.44 Å². The molecule has 0 bridgehead atoms. The molecule has 0 N–H and O–H groups in total. The summed E-state index contributed by atoms with van der Waals surface area (Å²) in [5, 5.41) is 0. The molecule has 2 rings (SSSR count). The van der Waals surface area contributed by atoms with E-state index in [1.165, 1.54) is 17.7 Å². The zero-order chi connectivity index (χ0) is 9.10. The Labute approximate surface area is 83.5 Å². The van der Waals surface area contributed by atoms with Crippen molar-refractivity contribution in [2.24, 2.45) is 0 Å². The van der Waals surface area contributed by atoms with Gasteiger partial charge in [-0.25, -0.2) is 0 Å². The van der Waals surface area contributed by atoms with Crippen LogP contribution in [-0.4, -0.2) is 11.5 Å². The summed E-state index contributed by atoms with van der Waals surface area (Å²) in [6.45, 7) is 2.14. The topological polar surface area (TPSA) is 9.23 Å². The maximum Gasteiger partial charge on any atom is 0.108 e. The fourth-order valence-corrected chi connectivity index (χ4v) is 2.62. The van der Waals surface area contributed by atoms with Crippen molar-refractivity contribution >= 4 is 11.8 Å². The molecule has 70 valence electrons. The summed E-state index contributed by atoms with van der Waals surface area (Å²) in [7, 11) is 0. The zero-order valence-electron chi connectivity index (χ0n) is 7.77. The summed E-state index contributed by atoms with van der Waals surface area (Å²) >= 11 is 1.83. The molecular formula is C11H14OS. The first-order valence-corrected chi connectivity index (χ1v) is 5.60. The van der Waals surface area contributed by atoms with E-state index in [2.05, 4.69) is 31.2 Å². The van der Waals surface area contributed by atoms with Gasteiger partial charge in [0.05, 0.1) is 6.10 Å². The van der Waals surface area contributed by atoms with Crippen LogP contribution in [0.2, 0.25) is 0 Å². The Bertz CT molecular complexity index is 260. The molecule has 1 saturated heterocycles. The van der Waals surface area contributed by atoms with Gasteiger partial charge in [-0.05, 0) is 31.9 Å². The van der Waals surface area contributed by atoms with Crippen LogP contribution in [0.15, 0.2) is 35.2 Å². The third-order valence-corrected chi connectivity index (χ3v) is 3.36. The lowest BCUT2D eigenvalue weighted by Crippen LogP contribution is -2.02. The molecule has 1 aliphatic heterocycles. The molecule has 0 unspecified atom stereocenters. The molecular weight excluding hydrogens is 180 g/mol. The van der Waals surface area contributed by atoms with Crippen LogP contribution in [0.4, 0.5) is 0 Å². The Kier molecular flexibility index (Phi) is 2.91. The SMILES string of the molecule is C[C@H]1CC[C@@H](Sc2ccccc2)O1. The second-order valence-corrected chi connectivity index (χ2v) is 4.62. The van der Waals surface area contributed by atoms with Crippen molar-refractivity contribution in [2.45, 2.75) is 36.2 Å². The minimum atomic E-state index is 0.373. The number of rotatable bonds is 2. The maximum atomic E-state index is 5.73. The summed E-state index contributed by atoms with van der Waals surface area (Å²) in [5.41, 5.74) is 0.373. The molecule has 1 heterocycles. The molecule has 2 atom stereocenters. The smallest absolute Gasteiger partial charge is 0.108 e. The van der Waals surface area contributed by atoms with Crippen molar-refractivity contribution in [3.63, 3.8) is 0 Å². The fraction of sp³-hybridized carbons (Fsp3) is 0.455. The Morgan fingerprint density at radius 2 is 2.00 bits per heavy atom. The highest BCUT2D eigenvalue weighted by atomic mass is 32.2. The average molecular weight is 194 g/mol. The lowest BCUT2D eigenvalue weighted by molar-refractivity contribution is 0.106. The molecule has 0 spiro atoms. The summed E-state index contributed by atoms with van der Waals surface area (Å²) < 4.78 is 5.73. The molecule has 0 saturated carbocycles. The van der Waals surface area contributed by atoms with Gasteiger partial charge < -0.3 is 4.74 Å². The van der Waals surface area contributed by atoms with Crippen LogP contribution in [0, 0.1) is 0 Å². The molecule has 2 heteroatoms. The van der Waals surface area contributed by atoms with Crippen LogP contribution >= 0.6 is 11.8 Å². The molecule has 0 aromatic heterocycles. The second-order valence-electron chi connectivity index (χ2n) is 3.38. The van der Waals surface area contributed by atoms with Crippen LogP contribution in [0.1, 0.15) is 19.8 Å². The summed E-state index contributed by atoms with van der Waals surface area (Å²) in [6, 6.07) is 10.5. The first-order valence-electron chi connectivity index (χ1n) is 4.72. The molecule has 1 aromatic rings. The van der Waals surface area contributed by atoms with Gasteiger partial charge in [-0.3, -0.25) is 0 Å². The predicted molar refractivity (Wildman–Crippen MR) is 55.9 cm³/mol. The van der Waals surface area contributed by atoms with Crippen LogP contribution in [-0.2, 0) is 4.74 Å². The number of hydrogen-bond donors (Lipinski definition) is 0. The van der Waals surface area contributed by atoms with Gasteiger partial charge >= 0.3 is 0 Å². The highest BCUT2D eigenvalue weighted by molar-refractivity contribution is 7.99. The summed E-state index contributed by atoms with van der Waals surface area (Å²) in [4.78, 5) is 1.31. The lowest BCUT2D eigenvalue weighted by atomic mass is 10.3. The van der Waals surface area contributed by atoms with Crippen molar-refractivity contribution in [1.82, 2.24) is 0 Å². The van der Waals surface area contributed by atoms with E-state index in [4.69, 9.17) is 4.74 Å². The Hall–Kier alpha value is -0.470. The number of hydrogen-bond acceptors (Lipinski definition) is 2. The van der Waals surface area contributed by atoms with Gasteiger partial charge in [0.15, 0.2) is 0 Å². The minimum Gasteiger partial charge on any atom is -0.364 e. The van der Waals surface area contributed by atoms with E-state index in [-0.39, 0.29) is 0 Å². The lowest BCUT2D eigenvalue weighted by Gasteiger charge is -2.09. The van der Waals surface area contributed by atoms with Gasteiger partial charge in [0.25, 0.3) is 0 Å². The number of ether oxygens (including phenoxy) is 1. The second kappa shape index (κ2) is 4.16. The third kappa shape index (κ3) is 2.48. The molecule has 0 aliphatic carbocycles. The predicted octanol–water partition coefficient (Wildman–Crippen LogP) is 3.30. The Morgan fingerprint density at radius 1 is 1.23 bits per heavy atom. The van der Waals surface area contributed by atoms with Crippen molar-refractivity contribution < 1.29 is 4.74 Å². The van der Waals surface area contributed by atoms with E-state index >= 15 is 0 Å². The Morgan fingerprint density at radius 3 is 2.62 bits per heavy atom. The van der Waals surface area contributed by atoms with Gasteiger partial charge in [-0.2, -0.15) is 0 Å². The van der Waals surface area contributed by atoms with Gasteiger partial charge in [0.2, 0.25) is 0 Å². The minimum absolute atomic E-state index is 0.373. The average Bonchev–Trinajstić information content (AvgIpc) is 2.53. The largest absolute Gasteiger partial charge is 0.364 e. The standard InChI is InChI=1S/C11H14OS/c1-9-7-8-11(12-9)13-10-5-3-2-4-6-10/h2-6,9,11H,7-8H2,1H3/t9-,11+/m0/s1. The van der Waals surface area contributed by atoms with Crippen LogP contribution in [0.5, 0.6) is 0 Å².